The van der Waals surface area contributed by atoms with Crippen molar-refractivity contribution in [3.05, 3.63) is 53.3 Å². The van der Waals surface area contributed by atoms with Gasteiger partial charge in [0, 0.05) is 16.8 Å². The maximum absolute atomic E-state index is 12.0. The molecule has 2 heterocycles. The fourth-order valence-electron chi connectivity index (χ4n) is 1.89. The number of carbonyl (C=O) groups is 1. The minimum absolute atomic E-state index is 0.163. The van der Waals surface area contributed by atoms with Crippen molar-refractivity contribution in [2.75, 3.05) is 11.1 Å². The summed E-state index contributed by atoms with van der Waals surface area (Å²) in [7, 11) is 0. The molecule has 0 atom stereocenters. The Morgan fingerprint density at radius 1 is 1.25 bits per heavy atom. The Morgan fingerprint density at radius 2 is 2.04 bits per heavy atom. The molecule has 2 aromatic heterocycles. The Morgan fingerprint density at radius 3 is 2.79 bits per heavy atom. The van der Waals surface area contributed by atoms with Gasteiger partial charge in [0.05, 0.1) is 17.6 Å². The lowest BCUT2D eigenvalue weighted by atomic mass is 10.2. The zero-order valence-electron chi connectivity index (χ0n) is 12.7. The van der Waals surface area contributed by atoms with E-state index in [9.17, 15) is 4.79 Å². The normalized spacial score (nSPS) is 10.6. The lowest BCUT2D eigenvalue weighted by Gasteiger charge is -2.06. The number of carbonyl (C=O) groups excluding carboxylic acids is 1. The number of hydrogen-bond acceptors (Lipinski definition) is 6. The van der Waals surface area contributed by atoms with Gasteiger partial charge in [-0.05, 0) is 42.8 Å². The third-order valence-corrected chi connectivity index (χ3v) is 4.21. The first-order valence-corrected chi connectivity index (χ1v) is 8.41. The van der Waals surface area contributed by atoms with Gasteiger partial charge in [-0.1, -0.05) is 23.4 Å². The van der Waals surface area contributed by atoms with Gasteiger partial charge in [0.25, 0.3) is 5.22 Å². The summed E-state index contributed by atoms with van der Waals surface area (Å²) in [6.45, 7) is 1.90. The summed E-state index contributed by atoms with van der Waals surface area (Å²) < 4.78 is 5.54. The van der Waals surface area contributed by atoms with Crippen molar-refractivity contribution < 1.29 is 9.21 Å². The molecule has 0 aliphatic carbocycles. The van der Waals surface area contributed by atoms with Crippen LogP contribution in [0.1, 0.15) is 5.56 Å². The molecule has 3 rings (SSSR count). The fourth-order valence-corrected chi connectivity index (χ4v) is 2.57. The molecule has 0 saturated heterocycles. The van der Waals surface area contributed by atoms with Gasteiger partial charge in [-0.25, -0.2) is 0 Å². The smallest absolute Gasteiger partial charge is 0.277 e. The van der Waals surface area contributed by atoms with Crippen LogP contribution in [0.3, 0.4) is 0 Å². The summed E-state index contributed by atoms with van der Waals surface area (Å²) in [4.78, 5) is 16.0. The van der Waals surface area contributed by atoms with Crippen LogP contribution in [-0.4, -0.2) is 26.8 Å². The third kappa shape index (κ3) is 4.12. The zero-order valence-corrected chi connectivity index (χ0v) is 14.3. The second-order valence-electron chi connectivity index (χ2n) is 4.91. The van der Waals surface area contributed by atoms with Gasteiger partial charge in [0.15, 0.2) is 0 Å². The first-order chi connectivity index (χ1) is 11.6. The molecule has 0 spiro atoms. The third-order valence-electron chi connectivity index (χ3n) is 3.14. The molecule has 122 valence electrons. The number of halogens is 1. The monoisotopic (exact) mass is 360 g/mol. The number of pyridine rings is 1. The van der Waals surface area contributed by atoms with Gasteiger partial charge in [0.1, 0.15) is 0 Å². The topological polar surface area (TPSA) is 80.9 Å². The molecule has 0 radical (unpaired) electrons. The van der Waals surface area contributed by atoms with Gasteiger partial charge in [-0.15, -0.1) is 10.2 Å². The van der Waals surface area contributed by atoms with E-state index >= 15 is 0 Å². The van der Waals surface area contributed by atoms with E-state index in [0.29, 0.717) is 21.8 Å². The molecule has 0 unspecified atom stereocenters. The summed E-state index contributed by atoms with van der Waals surface area (Å²) in [5.74, 6) is 0.386. The number of amides is 1. The molecule has 0 bridgehead atoms. The molecule has 0 saturated carbocycles. The molecule has 8 heteroatoms. The van der Waals surface area contributed by atoms with E-state index in [-0.39, 0.29) is 11.7 Å². The maximum atomic E-state index is 12.0. The van der Waals surface area contributed by atoms with E-state index in [1.165, 1.54) is 11.8 Å². The molecule has 1 amide bonds. The summed E-state index contributed by atoms with van der Waals surface area (Å²) in [6, 6.07) is 8.92. The van der Waals surface area contributed by atoms with Gasteiger partial charge in [-0.3, -0.25) is 9.78 Å². The maximum Gasteiger partial charge on any atom is 0.277 e. The average molecular weight is 361 g/mol. The van der Waals surface area contributed by atoms with E-state index in [1.807, 2.05) is 13.0 Å². The van der Waals surface area contributed by atoms with E-state index in [2.05, 4.69) is 20.5 Å². The van der Waals surface area contributed by atoms with Crippen LogP contribution in [-0.2, 0) is 4.79 Å². The number of aromatic nitrogens is 3. The standard InChI is InChI=1S/C16H13ClN4O2S/c1-10-6-7-18-8-13(10)19-14(22)9-24-16-21-20-15(23-16)11-2-4-12(17)5-3-11/h2-8H,9H2,1H3,(H,19,22). The minimum atomic E-state index is -0.164. The van der Waals surface area contributed by atoms with E-state index in [4.69, 9.17) is 16.0 Å². The Kier molecular flexibility index (Phi) is 5.12. The zero-order chi connectivity index (χ0) is 16.9. The van der Waals surface area contributed by atoms with Crippen LogP contribution in [0.2, 0.25) is 5.02 Å². The number of rotatable bonds is 5. The number of nitrogens with one attached hydrogen (secondary N) is 1. The number of anilines is 1. The molecule has 24 heavy (non-hydrogen) atoms. The number of hydrogen-bond donors (Lipinski definition) is 1. The van der Waals surface area contributed by atoms with E-state index in [1.54, 1.807) is 36.7 Å². The minimum Gasteiger partial charge on any atom is -0.411 e. The predicted octanol–water partition coefficient (Wildman–Crippen LogP) is 3.82. The van der Waals surface area contributed by atoms with Crippen molar-refractivity contribution in [3.8, 4) is 11.5 Å². The number of aryl methyl sites for hydroxylation is 1. The number of nitrogens with zero attached hydrogens (tertiary/aromatic N) is 3. The molecule has 1 N–H and O–H groups in total. The van der Waals surface area contributed by atoms with Crippen LogP contribution in [0, 0.1) is 6.92 Å². The van der Waals surface area contributed by atoms with Crippen molar-refractivity contribution in [2.45, 2.75) is 12.1 Å². The largest absolute Gasteiger partial charge is 0.411 e. The van der Waals surface area contributed by atoms with Gasteiger partial charge >= 0.3 is 0 Å². The second kappa shape index (κ2) is 7.46. The lowest BCUT2D eigenvalue weighted by molar-refractivity contribution is -0.113. The molecule has 6 nitrogen and oxygen atoms in total. The highest BCUT2D eigenvalue weighted by molar-refractivity contribution is 7.99. The van der Waals surface area contributed by atoms with E-state index < -0.39 is 0 Å². The molecule has 1 aromatic carbocycles. The average Bonchev–Trinajstić information content (AvgIpc) is 3.05. The molecular weight excluding hydrogens is 348 g/mol. The Hall–Kier alpha value is -2.38. The number of benzene rings is 1. The van der Waals surface area contributed by atoms with Gasteiger partial charge < -0.3 is 9.73 Å². The highest BCUT2D eigenvalue weighted by Gasteiger charge is 2.12. The second-order valence-corrected chi connectivity index (χ2v) is 6.27. The van der Waals surface area contributed by atoms with Crippen LogP contribution >= 0.6 is 23.4 Å². The summed E-state index contributed by atoms with van der Waals surface area (Å²) in [6.07, 6.45) is 3.29. The van der Waals surface area contributed by atoms with Gasteiger partial charge in [0.2, 0.25) is 11.8 Å². The SMILES string of the molecule is Cc1ccncc1NC(=O)CSc1nnc(-c2ccc(Cl)cc2)o1. The highest BCUT2D eigenvalue weighted by Crippen LogP contribution is 2.24. The summed E-state index contributed by atoms with van der Waals surface area (Å²) in [5.41, 5.74) is 2.41. The summed E-state index contributed by atoms with van der Waals surface area (Å²) >= 11 is 7.02. The van der Waals surface area contributed by atoms with E-state index in [0.717, 1.165) is 11.1 Å². The Labute approximate surface area is 147 Å². The van der Waals surface area contributed by atoms with Crippen molar-refractivity contribution in [1.29, 1.82) is 0 Å². The molecule has 3 aromatic rings. The first-order valence-electron chi connectivity index (χ1n) is 7.04. The molecule has 0 fully saturated rings. The first kappa shape index (κ1) is 16.5. The van der Waals surface area contributed by atoms with Crippen LogP contribution in [0.15, 0.2) is 52.4 Å². The van der Waals surface area contributed by atoms with Crippen LogP contribution in [0.25, 0.3) is 11.5 Å². The Bertz CT molecular complexity index is 851. The highest BCUT2D eigenvalue weighted by atomic mass is 35.5. The Balaban J connectivity index is 1.58. The van der Waals surface area contributed by atoms with Gasteiger partial charge in [-0.2, -0.15) is 0 Å². The van der Waals surface area contributed by atoms with Crippen molar-refractivity contribution >= 4 is 35.0 Å². The molecular formula is C16H13ClN4O2S. The van der Waals surface area contributed by atoms with Crippen molar-refractivity contribution in [2.24, 2.45) is 0 Å². The molecule has 0 aliphatic heterocycles. The lowest BCUT2D eigenvalue weighted by Crippen LogP contribution is -2.14. The summed E-state index contributed by atoms with van der Waals surface area (Å²) in [5, 5.41) is 11.7. The van der Waals surface area contributed by atoms with Crippen LogP contribution in [0.4, 0.5) is 5.69 Å². The molecule has 0 aliphatic rings. The predicted molar refractivity (Wildman–Crippen MR) is 93.1 cm³/mol. The van der Waals surface area contributed by atoms with Crippen molar-refractivity contribution in [3.63, 3.8) is 0 Å². The van der Waals surface area contributed by atoms with Crippen LogP contribution < -0.4 is 5.32 Å². The van der Waals surface area contributed by atoms with Crippen LogP contribution in [0.5, 0.6) is 0 Å². The quantitative estimate of drug-likeness (QED) is 0.696. The number of thioether (sulfide) groups is 1. The fraction of sp³-hybridized carbons (Fsp3) is 0.125. The van der Waals surface area contributed by atoms with Crippen molar-refractivity contribution in [1.82, 2.24) is 15.2 Å².